The predicted molar refractivity (Wildman–Crippen MR) is 61.5 cm³/mol. The maximum atomic E-state index is 13.2. The average molecular weight is 274 g/mol. The third-order valence-corrected chi connectivity index (χ3v) is 2.70. The summed E-state index contributed by atoms with van der Waals surface area (Å²) in [5.74, 6) is -0.351. The molecular formula is C11H13BrFNO. The van der Waals surface area contributed by atoms with Crippen LogP contribution in [0.3, 0.4) is 0 Å². The Kier molecular flexibility index (Phi) is 4.27. The number of carbonyl (C=O) groups is 1. The van der Waals surface area contributed by atoms with Gasteiger partial charge in [0, 0.05) is 0 Å². The van der Waals surface area contributed by atoms with Gasteiger partial charge in [0.2, 0.25) is 5.91 Å². The Hall–Kier alpha value is -0.900. The summed E-state index contributed by atoms with van der Waals surface area (Å²) in [5, 5.41) is 3.00. The molecule has 1 amide bonds. The molecule has 0 aromatic heterocycles. The van der Waals surface area contributed by atoms with Crippen LogP contribution in [0.1, 0.15) is 24.1 Å². The number of halogens is 2. The molecule has 0 radical (unpaired) electrons. The van der Waals surface area contributed by atoms with Gasteiger partial charge in [0.05, 0.1) is 11.4 Å². The van der Waals surface area contributed by atoms with E-state index in [9.17, 15) is 9.18 Å². The number of nitrogens with one attached hydrogen (secondary N) is 1. The number of benzene rings is 1. The summed E-state index contributed by atoms with van der Waals surface area (Å²) in [7, 11) is 0. The van der Waals surface area contributed by atoms with Gasteiger partial charge in [-0.3, -0.25) is 4.79 Å². The number of carbonyl (C=O) groups excluding carboxylic acids is 1. The highest BCUT2D eigenvalue weighted by Crippen LogP contribution is 2.16. The summed E-state index contributed by atoms with van der Waals surface area (Å²) in [6.45, 7) is 3.53. The number of aryl methyl sites for hydroxylation is 1. The van der Waals surface area contributed by atoms with E-state index < -0.39 is 0 Å². The molecule has 0 fully saturated rings. The Morgan fingerprint density at radius 3 is 2.80 bits per heavy atom. The van der Waals surface area contributed by atoms with Crippen molar-refractivity contribution >= 4 is 21.8 Å². The molecule has 0 unspecified atom stereocenters. The fraction of sp³-hybridized carbons (Fsp3) is 0.364. The summed E-state index contributed by atoms with van der Waals surface area (Å²) in [6, 6.07) is 4.80. The largest absolute Gasteiger partial charge is 0.349 e. The number of hydrogen-bond acceptors (Lipinski definition) is 1. The van der Waals surface area contributed by atoms with Gasteiger partial charge in [-0.15, -0.1) is 0 Å². The molecule has 0 bridgehead atoms. The molecule has 82 valence electrons. The normalized spacial score (nSPS) is 12.3. The van der Waals surface area contributed by atoms with E-state index in [-0.39, 0.29) is 23.1 Å². The van der Waals surface area contributed by atoms with Gasteiger partial charge < -0.3 is 5.32 Å². The van der Waals surface area contributed by atoms with Crippen molar-refractivity contribution in [3.63, 3.8) is 0 Å². The van der Waals surface area contributed by atoms with Crippen molar-refractivity contribution in [2.24, 2.45) is 0 Å². The Balaban J connectivity index is 2.78. The second kappa shape index (κ2) is 5.26. The molecule has 0 aliphatic carbocycles. The first kappa shape index (κ1) is 12.2. The third kappa shape index (κ3) is 3.30. The van der Waals surface area contributed by atoms with Crippen LogP contribution < -0.4 is 5.32 Å². The summed E-state index contributed by atoms with van der Waals surface area (Å²) in [5.41, 5.74) is 1.38. The van der Waals surface area contributed by atoms with Gasteiger partial charge in [-0.25, -0.2) is 4.39 Å². The van der Waals surface area contributed by atoms with Gasteiger partial charge in [0.15, 0.2) is 0 Å². The zero-order valence-electron chi connectivity index (χ0n) is 8.68. The maximum absolute atomic E-state index is 13.2. The Bertz CT molecular complexity index is 368. The van der Waals surface area contributed by atoms with Gasteiger partial charge in [-0.2, -0.15) is 0 Å². The van der Waals surface area contributed by atoms with E-state index in [2.05, 4.69) is 21.2 Å². The van der Waals surface area contributed by atoms with E-state index in [0.29, 0.717) is 5.56 Å². The van der Waals surface area contributed by atoms with E-state index >= 15 is 0 Å². The van der Waals surface area contributed by atoms with Crippen molar-refractivity contribution in [2.75, 3.05) is 5.33 Å². The highest BCUT2D eigenvalue weighted by atomic mass is 79.9. The fourth-order valence-electron chi connectivity index (χ4n) is 1.24. The lowest BCUT2D eigenvalue weighted by atomic mass is 10.1. The molecule has 1 N–H and O–H groups in total. The van der Waals surface area contributed by atoms with Crippen molar-refractivity contribution in [1.29, 1.82) is 0 Å². The molecule has 0 aliphatic rings. The van der Waals surface area contributed by atoms with Crippen molar-refractivity contribution in [1.82, 2.24) is 5.32 Å². The van der Waals surface area contributed by atoms with Crippen LogP contribution in [0.15, 0.2) is 18.2 Å². The molecule has 1 aromatic carbocycles. The molecular weight excluding hydrogens is 261 g/mol. The molecule has 1 atom stereocenters. The highest BCUT2D eigenvalue weighted by molar-refractivity contribution is 9.09. The lowest BCUT2D eigenvalue weighted by Gasteiger charge is -2.13. The third-order valence-electron chi connectivity index (χ3n) is 2.19. The molecule has 1 aromatic rings. The SMILES string of the molecule is Cc1ccc([C@H](C)NC(=O)CBr)cc1F. The zero-order valence-corrected chi connectivity index (χ0v) is 10.3. The molecule has 15 heavy (non-hydrogen) atoms. The smallest absolute Gasteiger partial charge is 0.231 e. The quantitative estimate of drug-likeness (QED) is 0.844. The van der Waals surface area contributed by atoms with Crippen LogP contribution in [0.25, 0.3) is 0 Å². The van der Waals surface area contributed by atoms with Gasteiger partial charge in [-0.1, -0.05) is 28.1 Å². The van der Waals surface area contributed by atoms with Crippen LogP contribution in [-0.4, -0.2) is 11.2 Å². The Morgan fingerprint density at radius 2 is 2.27 bits per heavy atom. The summed E-state index contributed by atoms with van der Waals surface area (Å²) in [4.78, 5) is 11.1. The topological polar surface area (TPSA) is 29.1 Å². The molecule has 0 saturated carbocycles. The molecule has 1 rings (SSSR count). The first-order valence-corrected chi connectivity index (χ1v) is 5.78. The van der Waals surface area contributed by atoms with E-state index in [1.54, 1.807) is 13.0 Å². The van der Waals surface area contributed by atoms with Crippen molar-refractivity contribution < 1.29 is 9.18 Å². The minimum Gasteiger partial charge on any atom is -0.349 e. The van der Waals surface area contributed by atoms with Gasteiger partial charge >= 0.3 is 0 Å². The van der Waals surface area contributed by atoms with Crippen molar-refractivity contribution in [3.05, 3.63) is 35.1 Å². The predicted octanol–water partition coefficient (Wildman–Crippen LogP) is 2.71. The zero-order chi connectivity index (χ0) is 11.4. The lowest BCUT2D eigenvalue weighted by Crippen LogP contribution is -2.27. The monoisotopic (exact) mass is 273 g/mol. The molecule has 2 nitrogen and oxygen atoms in total. The van der Waals surface area contributed by atoms with Gasteiger partial charge in [-0.05, 0) is 31.0 Å². The van der Waals surface area contributed by atoms with Gasteiger partial charge in [0.1, 0.15) is 5.82 Å². The van der Waals surface area contributed by atoms with Crippen LogP contribution in [0, 0.1) is 12.7 Å². The van der Waals surface area contributed by atoms with Crippen molar-refractivity contribution in [3.8, 4) is 0 Å². The molecule has 4 heteroatoms. The number of amides is 1. The Labute approximate surface area is 97.0 Å². The van der Waals surface area contributed by atoms with Crippen LogP contribution >= 0.6 is 15.9 Å². The number of alkyl halides is 1. The number of hydrogen-bond donors (Lipinski definition) is 1. The summed E-state index contributed by atoms with van der Waals surface area (Å²) < 4.78 is 13.2. The summed E-state index contributed by atoms with van der Waals surface area (Å²) in [6.07, 6.45) is 0. The molecule has 0 aliphatic heterocycles. The first-order valence-electron chi connectivity index (χ1n) is 4.66. The standard InChI is InChI=1S/C11H13BrFNO/c1-7-3-4-9(5-10(7)13)8(2)14-11(15)6-12/h3-5,8H,6H2,1-2H3,(H,14,15)/t8-/m0/s1. The van der Waals surface area contributed by atoms with Gasteiger partial charge in [0.25, 0.3) is 0 Å². The molecule has 0 spiro atoms. The lowest BCUT2D eigenvalue weighted by molar-refractivity contribution is -0.119. The van der Waals surface area contributed by atoms with E-state index in [0.717, 1.165) is 5.56 Å². The highest BCUT2D eigenvalue weighted by Gasteiger charge is 2.09. The van der Waals surface area contributed by atoms with Crippen LogP contribution in [0.5, 0.6) is 0 Å². The molecule has 0 saturated heterocycles. The van der Waals surface area contributed by atoms with Crippen molar-refractivity contribution in [2.45, 2.75) is 19.9 Å². The average Bonchev–Trinajstić information content (AvgIpc) is 2.21. The first-order chi connectivity index (χ1) is 7.04. The van der Waals surface area contributed by atoms with Crippen LogP contribution in [0.2, 0.25) is 0 Å². The second-order valence-electron chi connectivity index (χ2n) is 3.43. The minimum atomic E-state index is -0.243. The van der Waals surface area contributed by atoms with E-state index in [1.807, 2.05) is 13.0 Å². The molecule has 0 heterocycles. The van der Waals surface area contributed by atoms with E-state index in [4.69, 9.17) is 0 Å². The summed E-state index contributed by atoms with van der Waals surface area (Å²) >= 11 is 3.06. The number of rotatable bonds is 3. The minimum absolute atomic E-state index is 0.108. The maximum Gasteiger partial charge on any atom is 0.231 e. The Morgan fingerprint density at radius 1 is 1.60 bits per heavy atom. The van der Waals surface area contributed by atoms with Crippen LogP contribution in [-0.2, 0) is 4.79 Å². The second-order valence-corrected chi connectivity index (χ2v) is 3.99. The van der Waals surface area contributed by atoms with E-state index in [1.165, 1.54) is 6.07 Å². The van der Waals surface area contributed by atoms with Crippen LogP contribution in [0.4, 0.5) is 4.39 Å². The fourth-order valence-corrected chi connectivity index (χ4v) is 1.40.